The van der Waals surface area contributed by atoms with E-state index in [4.69, 9.17) is 26.5 Å². The number of fused-ring (bicyclic) bond motifs is 1. The number of rotatable bonds is 4. The van der Waals surface area contributed by atoms with Crippen molar-refractivity contribution in [3.8, 4) is 0 Å². The van der Waals surface area contributed by atoms with Gasteiger partial charge in [-0.05, 0) is 41.5 Å². The molecule has 2 N–H and O–H groups in total. The predicted octanol–water partition coefficient (Wildman–Crippen LogP) is 3.77. The minimum atomic E-state index is -0.366. The normalized spacial score (nSPS) is 11.0. The molecule has 0 atom stereocenters. The highest BCUT2D eigenvalue weighted by Crippen LogP contribution is 2.26. The summed E-state index contributed by atoms with van der Waals surface area (Å²) in [5.74, 6) is 0. The van der Waals surface area contributed by atoms with Crippen molar-refractivity contribution >= 4 is 28.3 Å². The van der Waals surface area contributed by atoms with E-state index < -0.39 is 0 Å². The maximum Gasteiger partial charge on any atom is 0.340 e. The van der Waals surface area contributed by atoms with Gasteiger partial charge in [0.2, 0.25) is 0 Å². The molecule has 118 valence electrons. The Labute approximate surface area is 138 Å². The van der Waals surface area contributed by atoms with Crippen molar-refractivity contribution in [3.05, 3.63) is 74.6 Å². The van der Waals surface area contributed by atoms with Gasteiger partial charge in [-0.3, -0.25) is 0 Å². The lowest BCUT2D eigenvalue weighted by molar-refractivity contribution is 0.184. The molecule has 0 saturated heterocycles. The molecule has 3 rings (SSSR count). The first-order chi connectivity index (χ1) is 11.1. The van der Waals surface area contributed by atoms with Crippen LogP contribution in [0.2, 0.25) is 5.02 Å². The first kappa shape index (κ1) is 15.6. The summed E-state index contributed by atoms with van der Waals surface area (Å²) in [5.41, 5.74) is 8.90. The summed E-state index contributed by atoms with van der Waals surface area (Å²) in [6, 6.07) is 12.6. The Bertz CT molecular complexity index is 918. The van der Waals surface area contributed by atoms with E-state index in [2.05, 4.69) is 0 Å². The van der Waals surface area contributed by atoms with Crippen LogP contribution < -0.4 is 11.4 Å². The lowest BCUT2D eigenvalue weighted by Crippen LogP contribution is -2.13. The summed E-state index contributed by atoms with van der Waals surface area (Å²) in [7, 11) is 1.59. The summed E-state index contributed by atoms with van der Waals surface area (Å²) in [6.07, 6.45) is 0.425. The number of ether oxygens (including phenoxy) is 1. The highest BCUT2D eigenvalue weighted by atomic mass is 35.5. The maximum absolute atomic E-state index is 12.4. The van der Waals surface area contributed by atoms with Crippen molar-refractivity contribution in [2.24, 2.45) is 0 Å². The lowest BCUT2D eigenvalue weighted by Gasteiger charge is -2.11. The number of hydrogen-bond acceptors (Lipinski definition) is 4. The number of benzene rings is 2. The van der Waals surface area contributed by atoms with E-state index >= 15 is 0 Å². The fraction of sp³-hybridized carbons (Fsp3) is 0.167. The highest BCUT2D eigenvalue weighted by molar-refractivity contribution is 6.31. The molecule has 1 aromatic heterocycles. The van der Waals surface area contributed by atoms with Crippen LogP contribution in [0.5, 0.6) is 0 Å². The number of anilines is 1. The van der Waals surface area contributed by atoms with Crippen LogP contribution in [0.25, 0.3) is 11.0 Å². The molecule has 0 amide bonds. The molecular formula is C18H16ClNO3. The molecule has 3 aromatic rings. The second kappa shape index (κ2) is 6.44. The van der Waals surface area contributed by atoms with Crippen LogP contribution in [0.4, 0.5) is 5.69 Å². The van der Waals surface area contributed by atoms with Crippen LogP contribution in [0.1, 0.15) is 16.7 Å². The Morgan fingerprint density at radius 1 is 1.17 bits per heavy atom. The summed E-state index contributed by atoms with van der Waals surface area (Å²) < 4.78 is 10.7. The van der Waals surface area contributed by atoms with Gasteiger partial charge >= 0.3 is 5.63 Å². The number of hydrogen-bond donors (Lipinski definition) is 1. The second-order valence-electron chi connectivity index (χ2n) is 5.34. The van der Waals surface area contributed by atoms with Gasteiger partial charge in [-0.15, -0.1) is 0 Å². The van der Waals surface area contributed by atoms with Gasteiger partial charge in [0.05, 0.1) is 6.61 Å². The Morgan fingerprint density at radius 2 is 2.00 bits per heavy atom. The highest BCUT2D eigenvalue weighted by Gasteiger charge is 2.15. The van der Waals surface area contributed by atoms with E-state index in [1.807, 2.05) is 24.3 Å². The first-order valence-corrected chi connectivity index (χ1v) is 7.53. The number of methoxy groups -OCH3 is 1. The van der Waals surface area contributed by atoms with Gasteiger partial charge in [-0.1, -0.05) is 23.7 Å². The smallest absolute Gasteiger partial charge is 0.340 e. The van der Waals surface area contributed by atoms with Gasteiger partial charge in [-0.2, -0.15) is 0 Å². The Hall–Kier alpha value is -2.30. The Balaban J connectivity index is 2.20. The van der Waals surface area contributed by atoms with Gasteiger partial charge in [-0.25, -0.2) is 4.79 Å². The Morgan fingerprint density at radius 3 is 2.74 bits per heavy atom. The zero-order chi connectivity index (χ0) is 16.4. The van der Waals surface area contributed by atoms with E-state index in [-0.39, 0.29) is 5.63 Å². The lowest BCUT2D eigenvalue weighted by atomic mass is 9.99. The van der Waals surface area contributed by atoms with Gasteiger partial charge in [0.25, 0.3) is 0 Å². The van der Waals surface area contributed by atoms with Crippen molar-refractivity contribution in [1.82, 2.24) is 0 Å². The molecule has 0 aliphatic carbocycles. The van der Waals surface area contributed by atoms with Crippen LogP contribution in [0.3, 0.4) is 0 Å². The fourth-order valence-electron chi connectivity index (χ4n) is 2.67. The molecule has 0 fully saturated rings. The molecule has 0 unspecified atom stereocenters. The molecule has 0 spiro atoms. The predicted molar refractivity (Wildman–Crippen MR) is 91.9 cm³/mol. The fourth-order valence-corrected chi connectivity index (χ4v) is 2.84. The molecule has 0 aliphatic rings. The van der Waals surface area contributed by atoms with E-state index in [1.54, 1.807) is 25.3 Å². The van der Waals surface area contributed by atoms with Crippen LogP contribution in [-0.4, -0.2) is 7.11 Å². The van der Waals surface area contributed by atoms with E-state index in [0.717, 1.165) is 16.5 Å². The molecule has 4 nitrogen and oxygen atoms in total. The first-order valence-electron chi connectivity index (χ1n) is 7.16. The molecule has 1 heterocycles. The summed E-state index contributed by atoms with van der Waals surface area (Å²) in [5, 5.41) is 1.37. The average Bonchev–Trinajstić information content (AvgIpc) is 2.51. The third kappa shape index (κ3) is 3.23. The molecular weight excluding hydrogens is 314 g/mol. The van der Waals surface area contributed by atoms with E-state index in [9.17, 15) is 4.79 Å². The van der Waals surface area contributed by atoms with E-state index in [1.165, 1.54) is 0 Å². The van der Waals surface area contributed by atoms with Crippen LogP contribution in [0.15, 0.2) is 51.7 Å². The molecule has 0 aliphatic heterocycles. The quantitative estimate of drug-likeness (QED) is 0.584. The largest absolute Gasteiger partial charge is 0.422 e. The van der Waals surface area contributed by atoms with Crippen molar-refractivity contribution in [2.75, 3.05) is 12.8 Å². The van der Waals surface area contributed by atoms with Crippen molar-refractivity contribution in [3.63, 3.8) is 0 Å². The third-order valence-corrected chi connectivity index (χ3v) is 3.94. The van der Waals surface area contributed by atoms with Crippen LogP contribution in [-0.2, 0) is 17.8 Å². The topological polar surface area (TPSA) is 65.5 Å². The minimum Gasteiger partial charge on any atom is -0.422 e. The van der Waals surface area contributed by atoms with Crippen molar-refractivity contribution < 1.29 is 9.15 Å². The SMILES string of the molecule is COCc1c(Cc2cccc(N)c2)c(=O)oc2ccc(Cl)cc12. The molecule has 0 bridgehead atoms. The van der Waals surface area contributed by atoms with Gasteiger partial charge < -0.3 is 14.9 Å². The second-order valence-corrected chi connectivity index (χ2v) is 5.78. The summed E-state index contributed by atoms with van der Waals surface area (Å²) in [4.78, 5) is 12.4. The third-order valence-electron chi connectivity index (χ3n) is 3.70. The van der Waals surface area contributed by atoms with Gasteiger partial charge in [0, 0.05) is 35.2 Å². The maximum atomic E-state index is 12.4. The molecule has 5 heteroatoms. The van der Waals surface area contributed by atoms with Crippen molar-refractivity contribution in [2.45, 2.75) is 13.0 Å². The number of nitrogen functional groups attached to an aromatic ring is 1. The van der Waals surface area contributed by atoms with Crippen LogP contribution >= 0.6 is 11.6 Å². The minimum absolute atomic E-state index is 0.306. The monoisotopic (exact) mass is 329 g/mol. The van der Waals surface area contributed by atoms with Gasteiger partial charge in [0.1, 0.15) is 5.58 Å². The van der Waals surface area contributed by atoms with Crippen molar-refractivity contribution in [1.29, 1.82) is 0 Å². The van der Waals surface area contributed by atoms with Gasteiger partial charge in [0.15, 0.2) is 0 Å². The van der Waals surface area contributed by atoms with Crippen LogP contribution in [0, 0.1) is 0 Å². The Kier molecular flexibility index (Phi) is 4.37. The molecule has 0 saturated carbocycles. The number of halogens is 1. The number of nitrogens with two attached hydrogens (primary N) is 1. The van der Waals surface area contributed by atoms with E-state index in [0.29, 0.717) is 34.9 Å². The average molecular weight is 330 g/mol. The molecule has 0 radical (unpaired) electrons. The standard InChI is InChI=1S/C18H16ClNO3/c1-22-10-16-14-9-12(19)5-6-17(14)23-18(21)15(16)8-11-3-2-4-13(20)7-11/h2-7,9H,8,10,20H2,1H3. The summed E-state index contributed by atoms with van der Waals surface area (Å²) in [6.45, 7) is 0.306. The molecule has 2 aromatic carbocycles. The molecule has 23 heavy (non-hydrogen) atoms. The summed E-state index contributed by atoms with van der Waals surface area (Å²) >= 11 is 6.09. The zero-order valence-corrected chi connectivity index (χ0v) is 13.4. The zero-order valence-electron chi connectivity index (χ0n) is 12.6.